The summed E-state index contributed by atoms with van der Waals surface area (Å²) in [4.78, 5) is 54.0. The Labute approximate surface area is 115 Å². The van der Waals surface area contributed by atoms with E-state index in [2.05, 4.69) is 25.7 Å². The Morgan fingerprint density at radius 3 is 2.25 bits per heavy atom. The van der Waals surface area contributed by atoms with Crippen molar-refractivity contribution in [2.45, 2.75) is 25.7 Å². The quantitative estimate of drug-likeness (QED) is 0.458. The van der Waals surface area contributed by atoms with E-state index in [4.69, 9.17) is 0 Å². The summed E-state index contributed by atoms with van der Waals surface area (Å²) in [5.41, 5.74) is 0. The monoisotopic (exact) mass is 287 g/mol. The van der Waals surface area contributed by atoms with Gasteiger partial charge in [0.2, 0.25) is 17.7 Å². The third-order valence-corrected chi connectivity index (χ3v) is 2.39. The average Bonchev–Trinajstić information content (AvgIpc) is 2.42. The van der Waals surface area contributed by atoms with E-state index in [1.807, 2.05) is 0 Å². The van der Waals surface area contributed by atoms with Crippen LogP contribution in [0.5, 0.6) is 0 Å². The van der Waals surface area contributed by atoms with Crippen LogP contribution in [0.2, 0.25) is 0 Å². The molecule has 0 aromatic heterocycles. The Balaban J connectivity index is 2.42. The predicted molar refractivity (Wildman–Crippen MR) is 64.7 cm³/mol. The first-order valence-corrected chi connectivity index (χ1v) is 6.20. The number of carbonyl (C=O) groups excluding carboxylic acids is 4. The highest BCUT2D eigenvalue weighted by Gasteiger charge is 2.10. The van der Waals surface area contributed by atoms with E-state index in [1.54, 1.807) is 0 Å². The number of hydrogen-bond acceptors (Lipinski definition) is 6. The zero-order valence-corrected chi connectivity index (χ0v) is 10.9. The van der Waals surface area contributed by atoms with E-state index in [0.717, 1.165) is 0 Å². The van der Waals surface area contributed by atoms with Crippen molar-refractivity contribution in [1.29, 1.82) is 0 Å². The molecule has 20 heavy (non-hydrogen) atoms. The van der Waals surface area contributed by atoms with Crippen LogP contribution in [-0.2, 0) is 29.0 Å². The molecule has 1 aliphatic heterocycles. The van der Waals surface area contributed by atoms with E-state index < -0.39 is 17.8 Å². The van der Waals surface area contributed by atoms with E-state index in [0.29, 0.717) is 13.0 Å². The van der Waals surface area contributed by atoms with Crippen LogP contribution in [0, 0.1) is 0 Å². The topological polar surface area (TPSA) is 123 Å². The van der Waals surface area contributed by atoms with Gasteiger partial charge in [-0.1, -0.05) is 0 Å². The minimum absolute atomic E-state index is 0.0428. The molecule has 0 spiro atoms. The predicted octanol–water partition coefficient (Wildman–Crippen LogP) is -1.66. The number of nitrogens with one attached hydrogen (secondary N) is 3. The maximum absolute atomic E-state index is 11.3. The summed E-state index contributed by atoms with van der Waals surface area (Å²) in [5.74, 6) is -1.77. The first-order valence-electron chi connectivity index (χ1n) is 6.20. The molecule has 3 N–H and O–H groups in total. The van der Waals surface area contributed by atoms with Crippen LogP contribution < -0.4 is 16.0 Å². The first-order chi connectivity index (χ1) is 9.58. The average molecular weight is 287 g/mol. The molecule has 0 radical (unpaired) electrons. The van der Waals surface area contributed by atoms with Crippen LogP contribution in [0.4, 0.5) is 0 Å². The molecule has 1 heterocycles. The maximum atomic E-state index is 11.3. The van der Waals surface area contributed by atoms with Crippen LogP contribution in [0.15, 0.2) is 0 Å². The van der Waals surface area contributed by atoms with Crippen molar-refractivity contribution in [2.75, 3.05) is 19.8 Å². The molecule has 9 nitrogen and oxygen atoms in total. The molecule has 1 fully saturated rings. The molecule has 0 aliphatic carbocycles. The molecule has 0 bridgehead atoms. The second-order valence-corrected chi connectivity index (χ2v) is 4.05. The minimum atomic E-state index is -0.589. The molecule has 1 rings (SSSR count). The third kappa shape index (κ3) is 7.31. The van der Waals surface area contributed by atoms with Crippen molar-refractivity contribution in [3.8, 4) is 0 Å². The standard InChI is InChI=1S/C11H17N3O6/c15-8-3-4-9(16)14-7-19-20-11(18)2-1-5-12-10(17)6-13-8/h1-7H2,(H,12,17)(H,13,15)(H,14,16). The van der Waals surface area contributed by atoms with Gasteiger partial charge in [0.1, 0.15) is 0 Å². The van der Waals surface area contributed by atoms with Crippen LogP contribution >= 0.6 is 0 Å². The van der Waals surface area contributed by atoms with Gasteiger partial charge in [-0.3, -0.25) is 19.3 Å². The van der Waals surface area contributed by atoms with Gasteiger partial charge in [0.05, 0.1) is 13.0 Å². The fraction of sp³-hybridized carbons (Fsp3) is 0.636. The third-order valence-electron chi connectivity index (χ3n) is 2.39. The van der Waals surface area contributed by atoms with Gasteiger partial charge in [-0.2, -0.15) is 4.89 Å². The lowest BCUT2D eigenvalue weighted by Gasteiger charge is -2.09. The molecule has 1 aliphatic rings. The zero-order chi connectivity index (χ0) is 14.8. The van der Waals surface area contributed by atoms with Gasteiger partial charge < -0.3 is 16.0 Å². The SMILES string of the molecule is O=C1CCC(=O)NCC(=O)NCCCC(=O)OOCN1. The van der Waals surface area contributed by atoms with Crippen molar-refractivity contribution >= 4 is 23.7 Å². The molecular formula is C11H17N3O6. The van der Waals surface area contributed by atoms with E-state index in [1.165, 1.54) is 0 Å². The minimum Gasteiger partial charge on any atom is -0.355 e. The highest BCUT2D eigenvalue weighted by Crippen LogP contribution is 1.94. The Hall–Kier alpha value is -2.16. The fourth-order valence-corrected chi connectivity index (χ4v) is 1.35. The van der Waals surface area contributed by atoms with Crippen molar-refractivity contribution in [1.82, 2.24) is 16.0 Å². The normalized spacial score (nSPS) is 20.4. The molecule has 0 aromatic carbocycles. The van der Waals surface area contributed by atoms with Gasteiger partial charge in [0.15, 0.2) is 6.73 Å². The van der Waals surface area contributed by atoms with Gasteiger partial charge in [-0.15, -0.1) is 0 Å². The molecule has 0 atom stereocenters. The smallest absolute Gasteiger partial charge is 0.342 e. The molecule has 0 saturated carbocycles. The van der Waals surface area contributed by atoms with Gasteiger partial charge in [-0.25, -0.2) is 4.79 Å². The molecular weight excluding hydrogens is 270 g/mol. The number of hydrogen-bond donors (Lipinski definition) is 3. The molecule has 1 saturated heterocycles. The lowest BCUT2D eigenvalue weighted by molar-refractivity contribution is -0.275. The highest BCUT2D eigenvalue weighted by atomic mass is 17.2. The van der Waals surface area contributed by atoms with Crippen LogP contribution in [0.3, 0.4) is 0 Å². The van der Waals surface area contributed by atoms with Crippen molar-refractivity contribution in [2.24, 2.45) is 0 Å². The fourth-order valence-electron chi connectivity index (χ4n) is 1.35. The number of rotatable bonds is 0. The summed E-state index contributed by atoms with van der Waals surface area (Å²) in [5, 5.41) is 7.24. The zero-order valence-electron chi connectivity index (χ0n) is 10.9. The second kappa shape index (κ2) is 8.86. The molecule has 0 aromatic rings. The Kier molecular flexibility index (Phi) is 7.04. The van der Waals surface area contributed by atoms with Crippen LogP contribution in [0.25, 0.3) is 0 Å². The summed E-state index contributed by atoms with van der Waals surface area (Å²) >= 11 is 0. The largest absolute Gasteiger partial charge is 0.355 e. The molecule has 112 valence electrons. The second-order valence-electron chi connectivity index (χ2n) is 4.05. The maximum Gasteiger partial charge on any atom is 0.342 e. The summed E-state index contributed by atoms with van der Waals surface area (Å²) in [7, 11) is 0. The van der Waals surface area contributed by atoms with Gasteiger partial charge in [0.25, 0.3) is 0 Å². The lowest BCUT2D eigenvalue weighted by atomic mass is 10.3. The summed E-state index contributed by atoms with van der Waals surface area (Å²) in [6, 6.07) is 0. The van der Waals surface area contributed by atoms with E-state index in [-0.39, 0.29) is 38.4 Å². The van der Waals surface area contributed by atoms with Gasteiger partial charge >= 0.3 is 5.97 Å². The lowest BCUT2D eigenvalue weighted by Crippen LogP contribution is -2.38. The van der Waals surface area contributed by atoms with E-state index in [9.17, 15) is 19.2 Å². The molecule has 0 unspecified atom stereocenters. The van der Waals surface area contributed by atoms with Crippen molar-refractivity contribution in [3.05, 3.63) is 0 Å². The van der Waals surface area contributed by atoms with Crippen LogP contribution in [-0.4, -0.2) is 43.5 Å². The van der Waals surface area contributed by atoms with Crippen molar-refractivity contribution < 1.29 is 29.0 Å². The van der Waals surface area contributed by atoms with Crippen molar-refractivity contribution in [3.63, 3.8) is 0 Å². The summed E-state index contributed by atoms with van der Waals surface area (Å²) in [6.45, 7) is -0.141. The van der Waals surface area contributed by atoms with Gasteiger partial charge in [-0.05, 0) is 6.42 Å². The number of amides is 3. The Morgan fingerprint density at radius 2 is 1.50 bits per heavy atom. The van der Waals surface area contributed by atoms with Gasteiger partial charge in [0, 0.05) is 19.4 Å². The Bertz CT molecular complexity index is 352. The summed E-state index contributed by atoms with van der Waals surface area (Å²) in [6.07, 6.45) is 0.360. The van der Waals surface area contributed by atoms with Crippen LogP contribution in [0.1, 0.15) is 25.7 Å². The summed E-state index contributed by atoms with van der Waals surface area (Å²) < 4.78 is 0. The number of carbonyl (C=O) groups is 4. The Morgan fingerprint density at radius 1 is 0.800 bits per heavy atom. The molecule has 3 amide bonds. The first kappa shape index (κ1) is 15.9. The van der Waals surface area contributed by atoms with E-state index >= 15 is 0 Å². The highest BCUT2D eigenvalue weighted by molar-refractivity contribution is 5.87. The molecule has 9 heteroatoms.